The molecule has 4 aromatic rings. The molecule has 0 saturated heterocycles. The molecule has 0 aliphatic carbocycles. The van der Waals surface area contributed by atoms with Gasteiger partial charge in [0.1, 0.15) is 12.3 Å². The van der Waals surface area contributed by atoms with Gasteiger partial charge >= 0.3 is 0 Å². The van der Waals surface area contributed by atoms with Crippen LogP contribution in [0.25, 0.3) is 0 Å². The zero-order chi connectivity index (χ0) is 29.6. The SMILES string of the molecule is CCOc1ccc(NS(=O)(=O)c2ccc(NC(=O)CN(c3ccccc3C)S(=O)(=O)c3ccc(Cl)cc3)cc2)cc1. The van der Waals surface area contributed by atoms with Crippen LogP contribution in [0.3, 0.4) is 0 Å². The molecule has 0 aliphatic rings. The second-order valence-electron chi connectivity index (χ2n) is 8.89. The van der Waals surface area contributed by atoms with E-state index in [0.717, 1.165) is 4.31 Å². The molecule has 0 atom stereocenters. The molecule has 0 aliphatic heterocycles. The van der Waals surface area contributed by atoms with E-state index in [1.54, 1.807) is 55.5 Å². The molecule has 0 aromatic heterocycles. The van der Waals surface area contributed by atoms with Gasteiger partial charge < -0.3 is 10.1 Å². The van der Waals surface area contributed by atoms with Crippen LogP contribution in [-0.4, -0.2) is 35.9 Å². The van der Waals surface area contributed by atoms with E-state index in [1.165, 1.54) is 48.5 Å². The molecule has 0 radical (unpaired) electrons. The summed E-state index contributed by atoms with van der Waals surface area (Å²) in [4.78, 5) is 13.0. The second kappa shape index (κ2) is 12.6. The zero-order valence-electron chi connectivity index (χ0n) is 22.2. The van der Waals surface area contributed by atoms with Crippen LogP contribution < -0.4 is 19.1 Å². The predicted molar refractivity (Wildman–Crippen MR) is 161 cm³/mol. The Morgan fingerprint density at radius 3 is 2.00 bits per heavy atom. The molecule has 0 fully saturated rings. The highest BCUT2D eigenvalue weighted by Crippen LogP contribution is 2.28. The molecule has 9 nitrogen and oxygen atoms in total. The third kappa shape index (κ3) is 7.37. The Balaban J connectivity index is 1.50. The van der Waals surface area contributed by atoms with Gasteiger partial charge in [0.05, 0.1) is 22.1 Å². The van der Waals surface area contributed by atoms with Crippen LogP contribution in [0, 0.1) is 6.92 Å². The van der Waals surface area contributed by atoms with Gasteiger partial charge in [-0.1, -0.05) is 29.8 Å². The molecule has 12 heteroatoms. The summed E-state index contributed by atoms with van der Waals surface area (Å²) in [6, 6.07) is 24.5. The summed E-state index contributed by atoms with van der Waals surface area (Å²) in [5, 5.41) is 3.02. The fourth-order valence-electron chi connectivity index (χ4n) is 3.92. The maximum Gasteiger partial charge on any atom is 0.264 e. The molecular weight excluding hydrogens is 586 g/mol. The summed E-state index contributed by atoms with van der Waals surface area (Å²) in [7, 11) is -8.02. The summed E-state index contributed by atoms with van der Waals surface area (Å²) in [5.41, 5.74) is 1.67. The molecule has 2 N–H and O–H groups in total. The normalized spacial score (nSPS) is 11.5. The summed E-state index contributed by atoms with van der Waals surface area (Å²) in [6.07, 6.45) is 0. The van der Waals surface area contributed by atoms with E-state index in [4.69, 9.17) is 16.3 Å². The lowest BCUT2D eigenvalue weighted by atomic mass is 10.2. The van der Waals surface area contributed by atoms with E-state index in [1.807, 2.05) is 6.92 Å². The maximum absolute atomic E-state index is 13.6. The van der Waals surface area contributed by atoms with Crippen molar-refractivity contribution in [1.82, 2.24) is 0 Å². The third-order valence-corrected chi connectivity index (χ3v) is 9.36. The average molecular weight is 614 g/mol. The highest BCUT2D eigenvalue weighted by atomic mass is 35.5. The molecule has 0 saturated carbocycles. The number of ether oxygens (including phenoxy) is 1. The number of benzene rings is 4. The van der Waals surface area contributed by atoms with Gasteiger partial charge in [0, 0.05) is 16.4 Å². The van der Waals surface area contributed by atoms with Crippen molar-refractivity contribution >= 4 is 54.6 Å². The van der Waals surface area contributed by atoms with Crippen molar-refractivity contribution in [2.24, 2.45) is 0 Å². The quantitative estimate of drug-likeness (QED) is 0.224. The number of aryl methyl sites for hydroxylation is 1. The first-order chi connectivity index (χ1) is 19.5. The minimum atomic E-state index is -4.12. The van der Waals surface area contributed by atoms with Crippen LogP contribution in [0.1, 0.15) is 12.5 Å². The molecule has 0 spiro atoms. The summed E-state index contributed by atoms with van der Waals surface area (Å²) in [5.74, 6) is 0.00594. The van der Waals surface area contributed by atoms with E-state index in [0.29, 0.717) is 40.0 Å². The topological polar surface area (TPSA) is 122 Å². The zero-order valence-corrected chi connectivity index (χ0v) is 24.6. The summed E-state index contributed by atoms with van der Waals surface area (Å²) in [6.45, 7) is 3.58. The number of amides is 1. The highest BCUT2D eigenvalue weighted by Gasteiger charge is 2.28. The summed E-state index contributed by atoms with van der Waals surface area (Å²) >= 11 is 5.94. The molecule has 1 amide bonds. The molecule has 41 heavy (non-hydrogen) atoms. The summed E-state index contributed by atoms with van der Waals surface area (Å²) < 4.78 is 61.7. The van der Waals surface area contributed by atoms with Crippen molar-refractivity contribution < 1.29 is 26.4 Å². The van der Waals surface area contributed by atoms with Gasteiger partial charge in [-0.25, -0.2) is 16.8 Å². The van der Waals surface area contributed by atoms with Crippen molar-refractivity contribution in [1.29, 1.82) is 0 Å². The lowest BCUT2D eigenvalue weighted by Gasteiger charge is -2.25. The van der Waals surface area contributed by atoms with E-state index in [9.17, 15) is 21.6 Å². The van der Waals surface area contributed by atoms with Crippen molar-refractivity contribution in [3.8, 4) is 5.75 Å². The van der Waals surface area contributed by atoms with E-state index in [-0.39, 0.29) is 9.79 Å². The minimum absolute atomic E-state index is 0.0174. The highest BCUT2D eigenvalue weighted by molar-refractivity contribution is 7.93. The molecule has 4 aromatic carbocycles. The number of nitrogens with zero attached hydrogens (tertiary/aromatic N) is 1. The van der Waals surface area contributed by atoms with Crippen LogP contribution in [-0.2, 0) is 24.8 Å². The van der Waals surface area contributed by atoms with Crippen LogP contribution >= 0.6 is 11.6 Å². The number of rotatable bonds is 11. The Kier molecular flexibility index (Phi) is 9.21. The Morgan fingerprint density at radius 1 is 0.805 bits per heavy atom. The van der Waals surface area contributed by atoms with Crippen LogP contribution in [0.2, 0.25) is 5.02 Å². The Labute approximate surface area is 244 Å². The van der Waals surface area contributed by atoms with Crippen LogP contribution in [0.15, 0.2) is 107 Å². The Bertz CT molecular complexity index is 1730. The number of hydrogen-bond acceptors (Lipinski definition) is 6. The van der Waals surface area contributed by atoms with Gasteiger partial charge in [0.15, 0.2) is 0 Å². The fraction of sp³-hybridized carbons (Fsp3) is 0.138. The standard InChI is InChI=1S/C29H28ClN3O6S2/c1-3-39-25-14-10-24(11-15-25)32-40(35,36)26-18-12-23(13-19-26)31-29(34)20-33(28-7-5-4-6-21(28)2)41(37,38)27-16-8-22(30)9-17-27/h4-19,32H,3,20H2,1-2H3,(H,31,34). The smallest absolute Gasteiger partial charge is 0.264 e. The number of carbonyl (C=O) groups is 1. The Morgan fingerprint density at radius 2 is 1.39 bits per heavy atom. The van der Waals surface area contributed by atoms with Crippen molar-refractivity contribution in [2.45, 2.75) is 23.6 Å². The van der Waals surface area contributed by atoms with Gasteiger partial charge in [0.25, 0.3) is 20.0 Å². The molecule has 0 unspecified atom stereocenters. The molecule has 4 rings (SSSR count). The lowest BCUT2D eigenvalue weighted by molar-refractivity contribution is -0.114. The number of anilines is 3. The van der Waals surface area contributed by atoms with E-state index in [2.05, 4.69) is 10.0 Å². The molecule has 0 bridgehead atoms. The monoisotopic (exact) mass is 613 g/mol. The average Bonchev–Trinajstić information content (AvgIpc) is 2.94. The fourth-order valence-corrected chi connectivity index (χ4v) is 6.60. The van der Waals surface area contributed by atoms with Gasteiger partial charge in [0.2, 0.25) is 5.91 Å². The number of para-hydroxylation sites is 1. The lowest BCUT2D eigenvalue weighted by Crippen LogP contribution is -2.38. The molecule has 0 heterocycles. The first kappa shape index (κ1) is 29.9. The number of hydrogen-bond donors (Lipinski definition) is 2. The predicted octanol–water partition coefficient (Wildman–Crippen LogP) is 5.68. The molecular formula is C29H28ClN3O6S2. The van der Waals surface area contributed by atoms with Crippen LogP contribution in [0.4, 0.5) is 17.1 Å². The van der Waals surface area contributed by atoms with Gasteiger partial charge in [-0.2, -0.15) is 0 Å². The molecule has 214 valence electrons. The number of halogens is 1. The number of nitrogens with one attached hydrogen (secondary N) is 2. The Hall–Kier alpha value is -4.06. The van der Waals surface area contributed by atoms with Gasteiger partial charge in [-0.3, -0.25) is 13.8 Å². The number of carbonyl (C=O) groups excluding carboxylic acids is 1. The largest absolute Gasteiger partial charge is 0.494 e. The van der Waals surface area contributed by atoms with E-state index >= 15 is 0 Å². The second-order valence-corrected chi connectivity index (χ2v) is 12.9. The van der Waals surface area contributed by atoms with E-state index < -0.39 is 32.5 Å². The van der Waals surface area contributed by atoms with Crippen molar-refractivity contribution in [2.75, 3.05) is 27.5 Å². The first-order valence-corrected chi connectivity index (χ1v) is 15.8. The first-order valence-electron chi connectivity index (χ1n) is 12.5. The van der Waals surface area contributed by atoms with Crippen molar-refractivity contribution in [3.63, 3.8) is 0 Å². The third-order valence-electron chi connectivity index (χ3n) is 5.94. The number of sulfonamides is 2. The minimum Gasteiger partial charge on any atom is -0.494 e. The van der Waals surface area contributed by atoms with Gasteiger partial charge in [-0.05, 0) is 98.3 Å². The van der Waals surface area contributed by atoms with Crippen LogP contribution in [0.5, 0.6) is 5.75 Å². The maximum atomic E-state index is 13.6. The van der Waals surface area contributed by atoms with Crippen molar-refractivity contribution in [3.05, 3.63) is 108 Å². The van der Waals surface area contributed by atoms with Gasteiger partial charge in [-0.15, -0.1) is 0 Å².